The standard InChI is InChI=1S/C16H14ClF3N2O3S2/c17-13-7-8-14(26-13)27(24,25)22-9-1-2-12(22)15(23)21-11-5-3-10(4-6-11)16(18,19)20/h3-8,12H,1-2,9H2,(H,21,23)/t12-/m0/s1. The van der Waals surface area contributed by atoms with Gasteiger partial charge in [0.05, 0.1) is 9.90 Å². The van der Waals surface area contributed by atoms with Crippen molar-refractivity contribution in [3.8, 4) is 0 Å². The second-order valence-electron chi connectivity index (χ2n) is 5.90. The predicted molar refractivity (Wildman–Crippen MR) is 96.3 cm³/mol. The van der Waals surface area contributed by atoms with Gasteiger partial charge in [0.15, 0.2) is 0 Å². The van der Waals surface area contributed by atoms with Crippen molar-refractivity contribution in [3.63, 3.8) is 0 Å². The van der Waals surface area contributed by atoms with Crippen LogP contribution in [0.3, 0.4) is 0 Å². The molecule has 1 saturated heterocycles. The number of amides is 1. The van der Waals surface area contributed by atoms with E-state index in [4.69, 9.17) is 11.6 Å². The van der Waals surface area contributed by atoms with Gasteiger partial charge in [-0.15, -0.1) is 11.3 Å². The van der Waals surface area contributed by atoms with Gasteiger partial charge in [0.1, 0.15) is 10.3 Å². The van der Waals surface area contributed by atoms with E-state index in [0.29, 0.717) is 17.2 Å². The van der Waals surface area contributed by atoms with Gasteiger partial charge in [-0.3, -0.25) is 4.79 Å². The van der Waals surface area contributed by atoms with Gasteiger partial charge in [0.25, 0.3) is 10.0 Å². The zero-order chi connectivity index (χ0) is 19.8. The van der Waals surface area contributed by atoms with E-state index in [-0.39, 0.29) is 16.4 Å². The fourth-order valence-corrected chi connectivity index (χ4v) is 6.08. The number of rotatable bonds is 4. The molecular formula is C16H14ClF3N2O3S2. The smallest absolute Gasteiger partial charge is 0.325 e. The Labute approximate surface area is 162 Å². The molecule has 0 spiro atoms. The number of anilines is 1. The second-order valence-corrected chi connectivity index (χ2v) is 9.73. The molecule has 0 saturated carbocycles. The lowest BCUT2D eigenvalue weighted by Crippen LogP contribution is -2.42. The molecule has 0 radical (unpaired) electrons. The SMILES string of the molecule is O=C(Nc1ccc(C(F)(F)F)cc1)[C@@H]1CCCN1S(=O)(=O)c1ccc(Cl)s1. The number of alkyl halides is 3. The molecule has 5 nitrogen and oxygen atoms in total. The summed E-state index contributed by atoms with van der Waals surface area (Å²) in [6.07, 6.45) is -3.64. The molecule has 1 aliphatic heterocycles. The molecule has 0 aliphatic carbocycles. The monoisotopic (exact) mass is 438 g/mol. The van der Waals surface area contributed by atoms with E-state index in [1.54, 1.807) is 0 Å². The fourth-order valence-electron chi connectivity index (χ4n) is 2.81. The highest BCUT2D eigenvalue weighted by atomic mass is 35.5. The van der Waals surface area contributed by atoms with E-state index in [2.05, 4.69) is 5.32 Å². The molecular weight excluding hydrogens is 425 g/mol. The Hall–Kier alpha value is -1.62. The van der Waals surface area contributed by atoms with Crippen LogP contribution in [0.4, 0.5) is 18.9 Å². The topological polar surface area (TPSA) is 66.5 Å². The summed E-state index contributed by atoms with van der Waals surface area (Å²) >= 11 is 6.70. The van der Waals surface area contributed by atoms with Crippen molar-refractivity contribution < 1.29 is 26.4 Å². The van der Waals surface area contributed by atoms with Crippen LogP contribution in [0.5, 0.6) is 0 Å². The Morgan fingerprint density at radius 3 is 2.41 bits per heavy atom. The lowest BCUT2D eigenvalue weighted by atomic mass is 10.2. The molecule has 1 N–H and O–H groups in total. The molecule has 11 heteroatoms. The Kier molecular flexibility index (Phi) is 5.53. The van der Waals surface area contributed by atoms with Crippen molar-refractivity contribution in [3.05, 3.63) is 46.3 Å². The molecule has 1 aliphatic rings. The van der Waals surface area contributed by atoms with Crippen LogP contribution in [-0.2, 0) is 21.0 Å². The Balaban J connectivity index is 1.76. The van der Waals surface area contributed by atoms with Gasteiger partial charge >= 0.3 is 6.18 Å². The molecule has 1 fully saturated rings. The summed E-state index contributed by atoms with van der Waals surface area (Å²) in [5.74, 6) is -0.585. The van der Waals surface area contributed by atoms with Crippen molar-refractivity contribution in [1.82, 2.24) is 4.31 Å². The first-order valence-electron chi connectivity index (χ1n) is 7.84. The van der Waals surface area contributed by atoms with Crippen LogP contribution in [0.2, 0.25) is 4.34 Å². The fraction of sp³-hybridized carbons (Fsp3) is 0.312. The van der Waals surface area contributed by atoms with Gasteiger partial charge in [0.2, 0.25) is 5.91 Å². The van der Waals surface area contributed by atoms with Crippen molar-refractivity contribution in [2.75, 3.05) is 11.9 Å². The highest BCUT2D eigenvalue weighted by Crippen LogP contribution is 2.33. The molecule has 0 bridgehead atoms. The van der Waals surface area contributed by atoms with Gasteiger partial charge in [-0.05, 0) is 49.2 Å². The molecule has 146 valence electrons. The minimum absolute atomic E-state index is 0.0433. The van der Waals surface area contributed by atoms with E-state index < -0.39 is 33.7 Å². The number of carbonyl (C=O) groups is 1. The quantitative estimate of drug-likeness (QED) is 0.777. The first-order valence-corrected chi connectivity index (χ1v) is 10.5. The normalized spacial score (nSPS) is 18.6. The van der Waals surface area contributed by atoms with Crippen LogP contribution in [0.15, 0.2) is 40.6 Å². The van der Waals surface area contributed by atoms with Crippen LogP contribution in [0, 0.1) is 0 Å². The minimum atomic E-state index is -4.47. The number of hydrogen-bond donors (Lipinski definition) is 1. The summed E-state index contributed by atoms with van der Waals surface area (Å²) < 4.78 is 64.8. The zero-order valence-electron chi connectivity index (χ0n) is 13.7. The highest BCUT2D eigenvalue weighted by molar-refractivity contribution is 7.91. The number of benzene rings is 1. The third-order valence-electron chi connectivity index (χ3n) is 4.10. The van der Waals surface area contributed by atoms with E-state index in [1.807, 2.05) is 0 Å². The number of carbonyl (C=O) groups excluding carboxylic acids is 1. The molecule has 3 rings (SSSR count). The van der Waals surface area contributed by atoms with Crippen molar-refractivity contribution in [2.45, 2.75) is 29.3 Å². The minimum Gasteiger partial charge on any atom is -0.325 e. The van der Waals surface area contributed by atoms with Crippen molar-refractivity contribution in [2.24, 2.45) is 0 Å². The number of sulfonamides is 1. The molecule has 2 aromatic rings. The summed E-state index contributed by atoms with van der Waals surface area (Å²) in [5.41, 5.74) is -0.670. The lowest BCUT2D eigenvalue weighted by Gasteiger charge is -2.22. The van der Waals surface area contributed by atoms with Gasteiger partial charge < -0.3 is 5.32 Å². The zero-order valence-corrected chi connectivity index (χ0v) is 16.1. The number of halogens is 4. The molecule has 2 heterocycles. The molecule has 1 atom stereocenters. The third kappa shape index (κ3) is 4.29. The van der Waals surface area contributed by atoms with Gasteiger partial charge in [-0.2, -0.15) is 17.5 Å². The van der Waals surface area contributed by atoms with Crippen LogP contribution in [0.25, 0.3) is 0 Å². The largest absolute Gasteiger partial charge is 0.416 e. The van der Waals surface area contributed by atoms with Crippen LogP contribution >= 0.6 is 22.9 Å². The van der Waals surface area contributed by atoms with E-state index >= 15 is 0 Å². The third-order valence-corrected chi connectivity index (χ3v) is 7.70. The average molecular weight is 439 g/mol. The Morgan fingerprint density at radius 2 is 1.85 bits per heavy atom. The predicted octanol–water partition coefficient (Wildman–Crippen LogP) is 4.21. The van der Waals surface area contributed by atoms with Crippen LogP contribution in [-0.4, -0.2) is 31.2 Å². The molecule has 27 heavy (non-hydrogen) atoms. The van der Waals surface area contributed by atoms with Gasteiger partial charge in [-0.1, -0.05) is 11.6 Å². The average Bonchev–Trinajstić information content (AvgIpc) is 3.24. The molecule has 1 amide bonds. The number of thiophene rings is 1. The van der Waals surface area contributed by atoms with Crippen molar-refractivity contribution >= 4 is 44.6 Å². The summed E-state index contributed by atoms with van der Waals surface area (Å²) in [4.78, 5) is 12.5. The summed E-state index contributed by atoms with van der Waals surface area (Å²) in [6.45, 7) is 0.183. The van der Waals surface area contributed by atoms with Crippen LogP contribution < -0.4 is 5.32 Å². The van der Waals surface area contributed by atoms with Gasteiger partial charge in [0, 0.05) is 12.2 Å². The Morgan fingerprint density at radius 1 is 1.19 bits per heavy atom. The molecule has 1 aromatic carbocycles. The first kappa shape index (κ1) is 20.1. The summed E-state index contributed by atoms with van der Waals surface area (Å²) in [7, 11) is -3.87. The second kappa shape index (κ2) is 7.42. The van der Waals surface area contributed by atoms with Crippen LogP contribution in [0.1, 0.15) is 18.4 Å². The van der Waals surface area contributed by atoms with Gasteiger partial charge in [-0.25, -0.2) is 8.42 Å². The maximum atomic E-state index is 12.7. The van der Waals surface area contributed by atoms with E-state index in [9.17, 15) is 26.4 Å². The lowest BCUT2D eigenvalue weighted by molar-refractivity contribution is -0.137. The van der Waals surface area contributed by atoms with E-state index in [0.717, 1.165) is 39.9 Å². The number of nitrogens with one attached hydrogen (secondary N) is 1. The molecule has 1 aromatic heterocycles. The first-order chi connectivity index (χ1) is 12.6. The Bertz CT molecular complexity index is 943. The number of nitrogens with zero attached hydrogens (tertiary/aromatic N) is 1. The van der Waals surface area contributed by atoms with E-state index in [1.165, 1.54) is 12.1 Å². The molecule has 0 unspecified atom stereocenters. The summed E-state index contributed by atoms with van der Waals surface area (Å²) in [5, 5.41) is 2.49. The maximum absolute atomic E-state index is 12.7. The highest BCUT2D eigenvalue weighted by Gasteiger charge is 2.40. The number of hydrogen-bond acceptors (Lipinski definition) is 4. The maximum Gasteiger partial charge on any atom is 0.416 e. The summed E-state index contributed by atoms with van der Waals surface area (Å²) in [6, 6.07) is 5.89. The van der Waals surface area contributed by atoms with Crippen molar-refractivity contribution in [1.29, 1.82) is 0 Å².